The maximum absolute atomic E-state index is 5.37. The number of pyridine rings is 1. The Morgan fingerprint density at radius 1 is 1.25 bits per heavy atom. The number of H-pyrrole nitrogens is 1. The highest BCUT2D eigenvalue weighted by Gasteiger charge is 1.91. The van der Waals surface area contributed by atoms with Gasteiger partial charge in [-0.25, -0.2) is 4.98 Å². The zero-order valence-electron chi connectivity index (χ0n) is 4.39. The van der Waals surface area contributed by atoms with Crippen molar-refractivity contribution in [3.8, 4) is 0 Å². The summed E-state index contributed by atoms with van der Waals surface area (Å²) in [5, 5.41) is 0. The van der Waals surface area contributed by atoms with Crippen LogP contribution < -0.4 is 16.5 Å². The SMILES string of the molecule is Nc1cc[nH+]cc1N. The van der Waals surface area contributed by atoms with Crippen LogP contribution in [0.2, 0.25) is 0 Å². The number of hydrogen-bond acceptors (Lipinski definition) is 2. The van der Waals surface area contributed by atoms with Crippen LogP contribution in [0.25, 0.3) is 0 Å². The van der Waals surface area contributed by atoms with E-state index in [1.54, 1.807) is 18.5 Å². The second kappa shape index (κ2) is 1.69. The molecule has 1 aromatic heterocycles. The Morgan fingerprint density at radius 3 is 2.38 bits per heavy atom. The molecule has 0 saturated carbocycles. The summed E-state index contributed by atoms with van der Waals surface area (Å²) < 4.78 is 0. The lowest BCUT2D eigenvalue weighted by atomic mass is 10.4. The molecule has 0 aliphatic rings. The molecule has 0 amide bonds. The van der Waals surface area contributed by atoms with Gasteiger partial charge < -0.3 is 11.5 Å². The molecule has 42 valence electrons. The van der Waals surface area contributed by atoms with E-state index in [2.05, 4.69) is 4.98 Å². The fraction of sp³-hybridized carbons (Fsp3) is 0. The number of anilines is 2. The molecule has 5 N–H and O–H groups in total. The van der Waals surface area contributed by atoms with E-state index in [1.165, 1.54) is 0 Å². The zero-order chi connectivity index (χ0) is 5.98. The van der Waals surface area contributed by atoms with Crippen LogP contribution in [0.1, 0.15) is 0 Å². The first-order valence-electron chi connectivity index (χ1n) is 2.32. The van der Waals surface area contributed by atoms with Crippen LogP contribution >= 0.6 is 0 Å². The molecule has 0 unspecified atom stereocenters. The third kappa shape index (κ3) is 0.703. The van der Waals surface area contributed by atoms with Crippen LogP contribution in [0.15, 0.2) is 18.5 Å². The highest BCUT2D eigenvalue weighted by atomic mass is 14.7. The number of hydrogen-bond donors (Lipinski definition) is 2. The standard InChI is InChI=1S/C5H7N3/c6-4-1-2-8-3-5(4)7/h1-3H,7H2,(H2,6,8)/p+1. The summed E-state index contributed by atoms with van der Waals surface area (Å²) in [5.41, 5.74) is 11.9. The third-order valence-corrected chi connectivity index (χ3v) is 0.931. The molecule has 1 aromatic rings. The van der Waals surface area contributed by atoms with Crippen molar-refractivity contribution < 1.29 is 4.98 Å². The van der Waals surface area contributed by atoms with Gasteiger partial charge in [-0.05, 0) is 0 Å². The molecular weight excluding hydrogens is 102 g/mol. The molecule has 0 aliphatic carbocycles. The van der Waals surface area contributed by atoms with Gasteiger partial charge in [0.05, 0.1) is 5.69 Å². The van der Waals surface area contributed by atoms with Crippen molar-refractivity contribution in [2.24, 2.45) is 0 Å². The molecule has 3 heteroatoms. The van der Waals surface area contributed by atoms with E-state index < -0.39 is 0 Å². The normalized spacial score (nSPS) is 9.00. The van der Waals surface area contributed by atoms with Crippen LogP contribution in [-0.4, -0.2) is 0 Å². The first-order valence-corrected chi connectivity index (χ1v) is 2.32. The molecule has 0 saturated heterocycles. The largest absolute Gasteiger partial charge is 0.397 e. The number of nitrogens with two attached hydrogens (primary N) is 2. The van der Waals surface area contributed by atoms with Crippen molar-refractivity contribution in [3.63, 3.8) is 0 Å². The molecule has 0 aromatic carbocycles. The van der Waals surface area contributed by atoms with E-state index in [0.29, 0.717) is 11.4 Å². The van der Waals surface area contributed by atoms with Gasteiger partial charge in [0.1, 0.15) is 5.69 Å². The van der Waals surface area contributed by atoms with E-state index in [4.69, 9.17) is 11.5 Å². The zero-order valence-corrected chi connectivity index (χ0v) is 4.39. The van der Waals surface area contributed by atoms with E-state index >= 15 is 0 Å². The van der Waals surface area contributed by atoms with E-state index in [0.717, 1.165) is 0 Å². The van der Waals surface area contributed by atoms with Gasteiger partial charge in [0, 0.05) is 6.07 Å². The predicted octanol–water partition coefficient (Wildman–Crippen LogP) is -0.335. The molecule has 0 atom stereocenters. The highest BCUT2D eigenvalue weighted by Crippen LogP contribution is 2.06. The summed E-state index contributed by atoms with van der Waals surface area (Å²) in [7, 11) is 0. The first-order chi connectivity index (χ1) is 3.80. The summed E-state index contributed by atoms with van der Waals surface area (Å²) in [6.07, 6.45) is 3.38. The van der Waals surface area contributed by atoms with Crippen molar-refractivity contribution in [2.75, 3.05) is 11.5 Å². The minimum absolute atomic E-state index is 0.590. The molecule has 0 bridgehead atoms. The van der Waals surface area contributed by atoms with E-state index in [9.17, 15) is 0 Å². The van der Waals surface area contributed by atoms with Crippen molar-refractivity contribution in [2.45, 2.75) is 0 Å². The van der Waals surface area contributed by atoms with Crippen molar-refractivity contribution in [3.05, 3.63) is 18.5 Å². The Kier molecular flexibility index (Phi) is 1.04. The molecule has 8 heavy (non-hydrogen) atoms. The monoisotopic (exact) mass is 110 g/mol. The second-order valence-corrected chi connectivity index (χ2v) is 1.56. The molecule has 3 nitrogen and oxygen atoms in total. The van der Waals surface area contributed by atoms with Gasteiger partial charge in [-0.2, -0.15) is 0 Å². The number of aromatic nitrogens is 1. The molecule has 0 fully saturated rings. The Hall–Kier alpha value is -1.25. The highest BCUT2D eigenvalue weighted by molar-refractivity contribution is 5.59. The molecule has 0 radical (unpaired) electrons. The number of aromatic amines is 1. The number of nitrogen functional groups attached to an aromatic ring is 2. The molecule has 0 aliphatic heterocycles. The van der Waals surface area contributed by atoms with Gasteiger partial charge in [0.25, 0.3) is 0 Å². The minimum Gasteiger partial charge on any atom is -0.397 e. The number of rotatable bonds is 0. The Balaban J connectivity index is 3.13. The van der Waals surface area contributed by atoms with Crippen molar-refractivity contribution >= 4 is 11.4 Å². The molecule has 0 spiro atoms. The van der Waals surface area contributed by atoms with E-state index in [1.807, 2.05) is 0 Å². The maximum atomic E-state index is 5.37. The van der Waals surface area contributed by atoms with Crippen LogP contribution in [0.4, 0.5) is 11.4 Å². The Labute approximate surface area is 47.3 Å². The van der Waals surface area contributed by atoms with Crippen LogP contribution in [0, 0.1) is 0 Å². The molecular formula is C5H8N3+. The van der Waals surface area contributed by atoms with Gasteiger partial charge in [0.15, 0.2) is 12.4 Å². The van der Waals surface area contributed by atoms with Crippen LogP contribution in [0.5, 0.6) is 0 Å². The lowest BCUT2D eigenvalue weighted by Gasteiger charge is -1.89. The summed E-state index contributed by atoms with van der Waals surface area (Å²) in [4.78, 5) is 2.80. The van der Waals surface area contributed by atoms with E-state index in [-0.39, 0.29) is 0 Å². The lowest BCUT2D eigenvalue weighted by molar-refractivity contribution is -0.376. The summed E-state index contributed by atoms with van der Waals surface area (Å²) in [6.45, 7) is 0. The van der Waals surface area contributed by atoms with Crippen LogP contribution in [0.3, 0.4) is 0 Å². The quantitative estimate of drug-likeness (QED) is 0.480. The van der Waals surface area contributed by atoms with Crippen molar-refractivity contribution in [1.29, 1.82) is 0 Å². The maximum Gasteiger partial charge on any atom is 0.192 e. The average Bonchev–Trinajstić information content (AvgIpc) is 1.77. The van der Waals surface area contributed by atoms with Crippen molar-refractivity contribution in [1.82, 2.24) is 0 Å². The fourth-order valence-electron chi connectivity index (χ4n) is 0.455. The number of nitrogens with one attached hydrogen (secondary N) is 1. The first kappa shape index (κ1) is 4.90. The van der Waals surface area contributed by atoms with Gasteiger partial charge in [-0.1, -0.05) is 0 Å². The molecule has 1 heterocycles. The Morgan fingerprint density at radius 2 is 2.00 bits per heavy atom. The second-order valence-electron chi connectivity index (χ2n) is 1.56. The predicted molar refractivity (Wildman–Crippen MR) is 31.8 cm³/mol. The fourth-order valence-corrected chi connectivity index (χ4v) is 0.455. The van der Waals surface area contributed by atoms with Crippen LogP contribution in [-0.2, 0) is 0 Å². The smallest absolute Gasteiger partial charge is 0.192 e. The lowest BCUT2D eigenvalue weighted by Crippen LogP contribution is -2.04. The topological polar surface area (TPSA) is 66.2 Å². The molecule has 1 rings (SSSR count). The Bertz CT molecular complexity index is 164. The summed E-state index contributed by atoms with van der Waals surface area (Å²) >= 11 is 0. The van der Waals surface area contributed by atoms with Gasteiger partial charge >= 0.3 is 0 Å². The minimum atomic E-state index is 0.590. The average molecular weight is 110 g/mol. The van der Waals surface area contributed by atoms with Gasteiger partial charge in [-0.15, -0.1) is 0 Å². The van der Waals surface area contributed by atoms with Gasteiger partial charge in [0.2, 0.25) is 0 Å². The third-order valence-electron chi connectivity index (χ3n) is 0.931. The summed E-state index contributed by atoms with van der Waals surface area (Å²) in [6, 6.07) is 1.72. The summed E-state index contributed by atoms with van der Waals surface area (Å²) in [5.74, 6) is 0. The van der Waals surface area contributed by atoms with Gasteiger partial charge in [-0.3, -0.25) is 0 Å².